The Balaban J connectivity index is 1.37. The van der Waals surface area contributed by atoms with Crippen LogP contribution in [0, 0.1) is 31.0 Å². The van der Waals surface area contributed by atoms with Gasteiger partial charge in [-0.2, -0.15) is 10.4 Å². The van der Waals surface area contributed by atoms with Crippen molar-refractivity contribution in [1.29, 1.82) is 5.26 Å². The van der Waals surface area contributed by atoms with Crippen molar-refractivity contribution in [2.24, 2.45) is 0 Å². The second-order valence-electron chi connectivity index (χ2n) is 13.5. The number of carbonyl (C=O) groups is 1. The molecule has 0 radical (unpaired) electrons. The second kappa shape index (κ2) is 14.0. The van der Waals surface area contributed by atoms with Crippen LogP contribution in [0.3, 0.4) is 0 Å². The van der Waals surface area contributed by atoms with E-state index < -0.39 is 5.82 Å². The predicted molar refractivity (Wildman–Crippen MR) is 193 cm³/mol. The topological polar surface area (TPSA) is 112 Å². The molecule has 10 nitrogen and oxygen atoms in total. The Morgan fingerprint density at radius 1 is 1.18 bits per heavy atom. The molecule has 12 heteroatoms. The molecule has 2 aromatic carbocycles. The van der Waals surface area contributed by atoms with Crippen molar-refractivity contribution in [3.05, 3.63) is 64.7 Å². The standard InChI is InChI=1S/C38H41ClFN7O3/c1-22-17-31-29(20-42-44-31)33(23(22)2)34-30(39)19-28-36(35(34)40)43-38(50-21-26-7-5-13-45(26)3)27-11-15-47(37(27)28)25-10-14-46(24(18-25)9-12-41)32(48)8-6-16-49-4/h6,8,11,15,17,19-20,24-26H,5,7,9-10,13-14,16,18,21H2,1-4H3,(H,42,44)/b8-6+/t24-,25+,26?/m1/s1. The molecule has 50 heavy (non-hydrogen) atoms. The third-order valence-corrected chi connectivity index (χ3v) is 10.9. The first kappa shape index (κ1) is 34.0. The van der Waals surface area contributed by atoms with Crippen LogP contribution in [0.4, 0.5) is 4.39 Å². The minimum atomic E-state index is -0.521. The van der Waals surface area contributed by atoms with Gasteiger partial charge in [0, 0.05) is 66.0 Å². The van der Waals surface area contributed by atoms with Gasteiger partial charge in [0.15, 0.2) is 5.82 Å². The summed E-state index contributed by atoms with van der Waals surface area (Å²) in [6.07, 6.45) is 10.4. The minimum absolute atomic E-state index is 0.0663. The van der Waals surface area contributed by atoms with Crippen molar-refractivity contribution >= 4 is 50.2 Å². The number of aromatic amines is 1. The number of rotatable bonds is 9. The maximum atomic E-state index is 17.2. The number of pyridine rings is 1. The summed E-state index contributed by atoms with van der Waals surface area (Å²) in [6.45, 7) is 6.20. The van der Waals surface area contributed by atoms with Gasteiger partial charge in [-0.05, 0) is 82.4 Å². The van der Waals surface area contributed by atoms with Gasteiger partial charge in [0.1, 0.15) is 12.1 Å². The highest BCUT2D eigenvalue weighted by Crippen LogP contribution is 2.45. The van der Waals surface area contributed by atoms with Crippen molar-refractivity contribution in [3.63, 3.8) is 0 Å². The first-order chi connectivity index (χ1) is 24.2. The summed E-state index contributed by atoms with van der Waals surface area (Å²) in [4.78, 5) is 22.0. The lowest BCUT2D eigenvalue weighted by molar-refractivity contribution is -0.130. The minimum Gasteiger partial charge on any atom is -0.476 e. The van der Waals surface area contributed by atoms with Gasteiger partial charge in [0.05, 0.1) is 46.7 Å². The lowest BCUT2D eigenvalue weighted by atomic mass is 9.92. The number of methoxy groups -OCH3 is 1. The molecule has 5 heterocycles. The van der Waals surface area contributed by atoms with Gasteiger partial charge >= 0.3 is 0 Å². The first-order valence-corrected chi connectivity index (χ1v) is 17.5. The summed E-state index contributed by atoms with van der Waals surface area (Å²) >= 11 is 7.07. The fraction of sp³-hybridized carbons (Fsp3) is 0.421. The number of piperidine rings is 1. The number of amides is 1. The molecule has 260 valence electrons. The Kier molecular flexibility index (Phi) is 9.53. The Hall–Kier alpha value is -4.50. The molecule has 1 amide bonds. The van der Waals surface area contributed by atoms with Crippen LogP contribution in [0.5, 0.6) is 5.88 Å². The molecule has 3 atom stereocenters. The molecule has 0 bridgehead atoms. The normalized spacial score (nSPS) is 20.1. The Bertz CT molecular complexity index is 2170. The van der Waals surface area contributed by atoms with Gasteiger partial charge < -0.3 is 23.8 Å². The second-order valence-corrected chi connectivity index (χ2v) is 13.9. The molecule has 2 saturated heterocycles. The zero-order chi connectivity index (χ0) is 35.1. The third kappa shape index (κ3) is 5.99. The van der Waals surface area contributed by atoms with Crippen LogP contribution in [-0.2, 0) is 9.53 Å². The molecule has 2 fully saturated rings. The molecule has 2 aliphatic rings. The number of nitrogens with one attached hydrogen (secondary N) is 1. The van der Waals surface area contributed by atoms with Crippen LogP contribution in [0.15, 0.2) is 42.7 Å². The zero-order valence-corrected chi connectivity index (χ0v) is 29.6. The molecular formula is C38H41ClFN7O3. The number of benzene rings is 2. The number of likely N-dealkylation sites (N-methyl/N-ethyl adjacent to an activating group) is 1. The number of aryl methyl sites for hydroxylation is 1. The van der Waals surface area contributed by atoms with E-state index in [9.17, 15) is 10.1 Å². The number of carbonyl (C=O) groups excluding carboxylic acids is 1. The van der Waals surface area contributed by atoms with E-state index in [4.69, 9.17) is 26.1 Å². The van der Waals surface area contributed by atoms with Gasteiger partial charge in [0.25, 0.3) is 0 Å². The molecule has 7 rings (SSSR count). The van der Waals surface area contributed by atoms with E-state index in [0.717, 1.165) is 52.3 Å². The smallest absolute Gasteiger partial charge is 0.246 e. The van der Waals surface area contributed by atoms with E-state index >= 15 is 4.39 Å². The SMILES string of the molecule is COC/C=C/C(=O)N1CC[C@H](n2ccc3c(OCC4CCCN4C)nc4c(F)c(-c5c(C)c(C)cc6[nH]ncc56)c(Cl)cc4c32)C[C@H]1CC#N. The molecule has 1 unspecified atom stereocenters. The molecule has 5 aromatic rings. The Labute approximate surface area is 295 Å². The highest BCUT2D eigenvalue weighted by Gasteiger charge is 2.33. The maximum absolute atomic E-state index is 17.2. The van der Waals surface area contributed by atoms with Gasteiger partial charge in [-0.1, -0.05) is 17.7 Å². The van der Waals surface area contributed by atoms with Crippen molar-refractivity contribution in [3.8, 4) is 23.1 Å². The number of ether oxygens (including phenoxy) is 2. The number of hydrogen-bond donors (Lipinski definition) is 1. The van der Waals surface area contributed by atoms with Crippen molar-refractivity contribution < 1.29 is 18.7 Å². The van der Waals surface area contributed by atoms with Gasteiger partial charge in [-0.15, -0.1) is 0 Å². The summed E-state index contributed by atoms with van der Waals surface area (Å²) in [5.41, 5.74) is 4.60. The van der Waals surface area contributed by atoms with Gasteiger partial charge in [0.2, 0.25) is 11.8 Å². The number of nitrogens with zero attached hydrogens (tertiary/aromatic N) is 6. The Morgan fingerprint density at radius 2 is 2.02 bits per heavy atom. The maximum Gasteiger partial charge on any atom is 0.246 e. The Morgan fingerprint density at radius 3 is 2.78 bits per heavy atom. The monoisotopic (exact) mass is 697 g/mol. The molecule has 2 aliphatic heterocycles. The number of hydrogen-bond acceptors (Lipinski definition) is 7. The third-order valence-electron chi connectivity index (χ3n) is 10.6. The van der Waals surface area contributed by atoms with Crippen LogP contribution in [0.2, 0.25) is 5.02 Å². The molecule has 1 N–H and O–H groups in total. The van der Waals surface area contributed by atoms with E-state index in [1.807, 2.05) is 38.2 Å². The van der Waals surface area contributed by atoms with Gasteiger partial charge in [-0.25, -0.2) is 9.37 Å². The number of aromatic nitrogens is 4. The lowest BCUT2D eigenvalue weighted by Crippen LogP contribution is -2.45. The molecule has 0 spiro atoms. The largest absolute Gasteiger partial charge is 0.476 e. The van der Waals surface area contributed by atoms with Crippen molar-refractivity contribution in [1.82, 2.24) is 29.5 Å². The average molecular weight is 698 g/mol. The first-order valence-electron chi connectivity index (χ1n) is 17.1. The number of fused-ring (bicyclic) bond motifs is 4. The quantitative estimate of drug-likeness (QED) is 0.161. The van der Waals surface area contributed by atoms with Crippen LogP contribution >= 0.6 is 11.6 Å². The summed E-state index contributed by atoms with van der Waals surface area (Å²) in [5, 5.41) is 19.4. The summed E-state index contributed by atoms with van der Waals surface area (Å²) in [7, 11) is 3.67. The molecular weight excluding hydrogens is 657 g/mol. The summed E-state index contributed by atoms with van der Waals surface area (Å²) < 4.78 is 30.9. The molecule has 0 saturated carbocycles. The zero-order valence-electron chi connectivity index (χ0n) is 28.8. The van der Waals surface area contributed by atoms with E-state index in [-0.39, 0.29) is 46.6 Å². The molecule has 3 aromatic heterocycles. The fourth-order valence-corrected chi connectivity index (χ4v) is 8.12. The van der Waals surface area contributed by atoms with Crippen molar-refractivity contribution in [2.75, 3.05) is 40.5 Å². The highest BCUT2D eigenvalue weighted by atomic mass is 35.5. The van der Waals surface area contributed by atoms with Crippen molar-refractivity contribution in [2.45, 2.75) is 64.1 Å². The van der Waals surface area contributed by atoms with Crippen LogP contribution in [0.1, 0.15) is 49.3 Å². The van der Waals surface area contributed by atoms with E-state index in [2.05, 4.69) is 32.8 Å². The molecule has 0 aliphatic carbocycles. The van der Waals surface area contributed by atoms with E-state index in [1.54, 1.807) is 24.3 Å². The number of likely N-dealkylation sites (tertiary alicyclic amines) is 2. The average Bonchev–Trinajstić information content (AvgIpc) is 3.86. The summed E-state index contributed by atoms with van der Waals surface area (Å²) in [6, 6.07) is 7.95. The number of H-pyrrole nitrogens is 1. The van der Waals surface area contributed by atoms with Gasteiger partial charge in [-0.3, -0.25) is 9.89 Å². The number of halogens is 2. The number of nitriles is 1. The lowest BCUT2D eigenvalue weighted by Gasteiger charge is -2.39. The van der Waals surface area contributed by atoms with Crippen LogP contribution in [-0.4, -0.2) is 88.0 Å². The van der Waals surface area contributed by atoms with Crippen LogP contribution < -0.4 is 4.74 Å². The predicted octanol–water partition coefficient (Wildman–Crippen LogP) is 7.26. The fourth-order valence-electron chi connectivity index (χ4n) is 7.84. The van der Waals surface area contributed by atoms with E-state index in [0.29, 0.717) is 49.4 Å². The summed E-state index contributed by atoms with van der Waals surface area (Å²) in [5.74, 6) is -0.288. The highest BCUT2D eigenvalue weighted by molar-refractivity contribution is 6.35. The van der Waals surface area contributed by atoms with Crippen LogP contribution in [0.25, 0.3) is 43.8 Å². The van der Waals surface area contributed by atoms with E-state index in [1.165, 1.54) is 6.08 Å².